The highest BCUT2D eigenvalue weighted by Crippen LogP contribution is 2.31. The van der Waals surface area contributed by atoms with Crippen molar-refractivity contribution in [3.05, 3.63) is 51.7 Å². The maximum Gasteiger partial charge on any atom is 0.138 e. The number of H-pyrrole nitrogens is 1. The first-order chi connectivity index (χ1) is 11.2. The monoisotopic (exact) mass is 415 g/mol. The number of para-hydroxylation sites is 2. The van der Waals surface area contributed by atoms with Crippen molar-refractivity contribution in [1.29, 1.82) is 0 Å². The molecule has 2 aromatic carbocycles. The number of halogens is 1. The number of nitrogens with one attached hydrogen (secondary N) is 1. The molecule has 0 spiro atoms. The fourth-order valence-corrected chi connectivity index (χ4v) is 4.27. The quantitative estimate of drug-likeness (QED) is 0.454. The van der Waals surface area contributed by atoms with Crippen LogP contribution in [0.25, 0.3) is 33.3 Å². The van der Waals surface area contributed by atoms with Crippen molar-refractivity contribution >= 4 is 44.5 Å². The van der Waals surface area contributed by atoms with Gasteiger partial charge in [0.25, 0.3) is 0 Å². The second kappa shape index (κ2) is 5.67. The molecule has 0 amide bonds. The number of fused-ring (bicyclic) bond motifs is 2. The van der Waals surface area contributed by atoms with Gasteiger partial charge < -0.3 is 9.55 Å². The van der Waals surface area contributed by atoms with Gasteiger partial charge in [-0.25, -0.2) is 4.98 Å². The molecule has 2 heterocycles. The van der Waals surface area contributed by atoms with Crippen LogP contribution < -0.4 is 0 Å². The van der Waals surface area contributed by atoms with E-state index in [4.69, 9.17) is 4.98 Å². The molecule has 0 radical (unpaired) electrons. The number of hydrogen-bond acceptors (Lipinski definition) is 1. The first-order valence-electron chi connectivity index (χ1n) is 7.91. The normalized spacial score (nSPS) is 11.6. The molecule has 0 aliphatic rings. The Bertz CT molecular complexity index is 977. The van der Waals surface area contributed by atoms with Crippen LogP contribution in [0, 0.1) is 3.57 Å². The summed E-state index contributed by atoms with van der Waals surface area (Å²) >= 11 is 2.48. The van der Waals surface area contributed by atoms with Gasteiger partial charge in [-0.05, 0) is 59.3 Å². The van der Waals surface area contributed by atoms with Gasteiger partial charge >= 0.3 is 0 Å². The third kappa shape index (κ3) is 2.36. The number of aromatic amines is 1. The van der Waals surface area contributed by atoms with Gasteiger partial charge in [-0.1, -0.05) is 25.5 Å². The highest BCUT2D eigenvalue weighted by molar-refractivity contribution is 14.1. The zero-order valence-electron chi connectivity index (χ0n) is 13.2. The minimum Gasteiger partial charge on any atom is -0.347 e. The van der Waals surface area contributed by atoms with Crippen LogP contribution in [0.5, 0.6) is 0 Å². The summed E-state index contributed by atoms with van der Waals surface area (Å²) in [6, 6.07) is 14.8. The fourth-order valence-electron chi connectivity index (χ4n) is 3.20. The molecular formula is C19H18IN3. The highest BCUT2D eigenvalue weighted by Gasteiger charge is 2.14. The SMILES string of the molecule is CCCc1c(I)c2cc(-c3nc4ccccc4[nH]3)ccc2n1C. The Hall–Kier alpha value is -1.82. The molecule has 3 nitrogen and oxygen atoms in total. The Morgan fingerprint density at radius 3 is 2.78 bits per heavy atom. The third-order valence-electron chi connectivity index (χ3n) is 4.40. The number of hydrogen-bond donors (Lipinski definition) is 1. The van der Waals surface area contributed by atoms with Crippen molar-refractivity contribution in [1.82, 2.24) is 14.5 Å². The molecule has 4 heteroatoms. The van der Waals surface area contributed by atoms with E-state index in [0.29, 0.717) is 0 Å². The van der Waals surface area contributed by atoms with Crippen LogP contribution in [0.15, 0.2) is 42.5 Å². The third-order valence-corrected chi connectivity index (χ3v) is 5.61. The van der Waals surface area contributed by atoms with Crippen molar-refractivity contribution < 1.29 is 0 Å². The molecule has 0 aliphatic carbocycles. The first-order valence-corrected chi connectivity index (χ1v) is 8.99. The smallest absolute Gasteiger partial charge is 0.138 e. The van der Waals surface area contributed by atoms with E-state index in [2.05, 4.69) is 70.4 Å². The molecular weight excluding hydrogens is 397 g/mol. The second-order valence-electron chi connectivity index (χ2n) is 5.90. The van der Waals surface area contributed by atoms with E-state index in [1.807, 2.05) is 18.2 Å². The van der Waals surface area contributed by atoms with Gasteiger partial charge in [0.2, 0.25) is 0 Å². The molecule has 0 saturated carbocycles. The van der Waals surface area contributed by atoms with Gasteiger partial charge in [-0.2, -0.15) is 0 Å². The van der Waals surface area contributed by atoms with Gasteiger partial charge in [-0.15, -0.1) is 0 Å². The Balaban J connectivity index is 1.89. The summed E-state index contributed by atoms with van der Waals surface area (Å²) in [6.07, 6.45) is 2.28. The van der Waals surface area contributed by atoms with Crippen LogP contribution in [-0.4, -0.2) is 14.5 Å². The van der Waals surface area contributed by atoms with E-state index in [9.17, 15) is 0 Å². The maximum absolute atomic E-state index is 4.72. The molecule has 2 aromatic heterocycles. The van der Waals surface area contributed by atoms with E-state index >= 15 is 0 Å². The van der Waals surface area contributed by atoms with Crippen molar-refractivity contribution in [3.63, 3.8) is 0 Å². The Morgan fingerprint density at radius 1 is 1.17 bits per heavy atom. The van der Waals surface area contributed by atoms with Gasteiger partial charge in [0.15, 0.2) is 0 Å². The van der Waals surface area contributed by atoms with E-state index < -0.39 is 0 Å². The predicted octanol–water partition coefficient (Wildman–Crippen LogP) is 5.28. The first kappa shape index (κ1) is 14.8. The zero-order chi connectivity index (χ0) is 16.0. The number of imidazole rings is 1. The standard InChI is InChI=1S/C19H18IN3/c1-3-6-17-18(20)13-11-12(9-10-16(13)23(17)2)19-21-14-7-4-5-8-15(14)22-19/h4-5,7-11H,3,6H2,1-2H3,(H,21,22). The molecule has 4 aromatic rings. The molecule has 23 heavy (non-hydrogen) atoms. The Kier molecular flexibility index (Phi) is 3.64. The minimum absolute atomic E-state index is 0.935. The molecule has 1 N–H and O–H groups in total. The van der Waals surface area contributed by atoms with E-state index in [1.54, 1.807) is 0 Å². The minimum atomic E-state index is 0.935. The highest BCUT2D eigenvalue weighted by atomic mass is 127. The molecule has 0 fully saturated rings. The number of benzene rings is 2. The number of nitrogens with zero attached hydrogens (tertiary/aromatic N) is 2. The summed E-state index contributed by atoms with van der Waals surface area (Å²) in [5, 5.41) is 1.31. The number of rotatable bonds is 3. The lowest BCUT2D eigenvalue weighted by Crippen LogP contribution is -1.96. The van der Waals surface area contributed by atoms with Crippen LogP contribution in [0.4, 0.5) is 0 Å². The summed E-state index contributed by atoms with van der Waals surface area (Å²) < 4.78 is 3.68. The summed E-state index contributed by atoms with van der Waals surface area (Å²) in [7, 11) is 2.16. The maximum atomic E-state index is 4.72. The van der Waals surface area contributed by atoms with Gasteiger partial charge in [0.05, 0.1) is 11.0 Å². The van der Waals surface area contributed by atoms with Crippen LogP contribution in [-0.2, 0) is 13.5 Å². The molecule has 116 valence electrons. The van der Waals surface area contributed by atoms with Crippen LogP contribution in [0.1, 0.15) is 19.0 Å². The van der Waals surface area contributed by atoms with Gasteiger partial charge in [-0.3, -0.25) is 0 Å². The average molecular weight is 415 g/mol. The number of aromatic nitrogens is 3. The summed E-state index contributed by atoms with van der Waals surface area (Å²) in [5.41, 5.74) is 5.94. The molecule has 0 aliphatic heterocycles. The summed E-state index contributed by atoms with van der Waals surface area (Å²) in [4.78, 5) is 8.14. The molecule has 0 unspecified atom stereocenters. The zero-order valence-corrected chi connectivity index (χ0v) is 15.4. The van der Waals surface area contributed by atoms with E-state index in [-0.39, 0.29) is 0 Å². The van der Waals surface area contributed by atoms with E-state index in [0.717, 1.165) is 35.3 Å². The molecule has 0 atom stereocenters. The lowest BCUT2D eigenvalue weighted by molar-refractivity contribution is 0.800. The van der Waals surface area contributed by atoms with Gasteiger partial charge in [0.1, 0.15) is 5.82 Å². The molecule has 4 rings (SSSR count). The predicted molar refractivity (Wildman–Crippen MR) is 105 cm³/mol. The second-order valence-corrected chi connectivity index (χ2v) is 6.98. The van der Waals surface area contributed by atoms with Crippen molar-refractivity contribution in [3.8, 4) is 11.4 Å². The van der Waals surface area contributed by atoms with Crippen molar-refractivity contribution in [2.45, 2.75) is 19.8 Å². The van der Waals surface area contributed by atoms with Crippen molar-refractivity contribution in [2.24, 2.45) is 7.05 Å². The van der Waals surface area contributed by atoms with Crippen LogP contribution in [0.2, 0.25) is 0 Å². The Labute approximate surface area is 148 Å². The summed E-state index contributed by atoms with van der Waals surface area (Å²) in [6.45, 7) is 2.23. The van der Waals surface area contributed by atoms with Crippen LogP contribution >= 0.6 is 22.6 Å². The average Bonchev–Trinajstić information content (AvgIpc) is 3.10. The molecule has 0 bridgehead atoms. The fraction of sp³-hybridized carbons (Fsp3) is 0.211. The van der Waals surface area contributed by atoms with E-state index in [1.165, 1.54) is 20.2 Å². The van der Waals surface area contributed by atoms with Crippen LogP contribution in [0.3, 0.4) is 0 Å². The largest absolute Gasteiger partial charge is 0.347 e. The lowest BCUT2D eigenvalue weighted by Gasteiger charge is -2.02. The van der Waals surface area contributed by atoms with Gasteiger partial charge in [0, 0.05) is 32.8 Å². The topological polar surface area (TPSA) is 33.6 Å². The van der Waals surface area contributed by atoms with Crippen molar-refractivity contribution in [2.75, 3.05) is 0 Å². The summed E-state index contributed by atoms with van der Waals surface area (Å²) in [5.74, 6) is 0.935. The molecule has 0 saturated heterocycles. The lowest BCUT2D eigenvalue weighted by atomic mass is 10.1. The Morgan fingerprint density at radius 2 is 2.00 bits per heavy atom. The number of aryl methyl sites for hydroxylation is 1.